The van der Waals surface area contributed by atoms with Gasteiger partial charge in [-0.15, -0.1) is 0 Å². The lowest BCUT2D eigenvalue weighted by molar-refractivity contribution is -0.136. The number of ether oxygens (including phenoxy) is 1. The molecule has 1 aromatic heterocycles. The van der Waals surface area contributed by atoms with Gasteiger partial charge in [0.25, 0.3) is 11.8 Å². The number of halogens is 1. The maximum absolute atomic E-state index is 13.3. The monoisotopic (exact) mass is 779 g/mol. The average molecular weight is 780 g/mol. The topological polar surface area (TPSA) is 181 Å². The van der Waals surface area contributed by atoms with E-state index >= 15 is 0 Å². The highest BCUT2D eigenvalue weighted by Gasteiger charge is 2.45. The lowest BCUT2D eigenvalue weighted by atomic mass is 9.95. The lowest BCUT2D eigenvalue weighted by Crippen LogP contribution is -2.54. The second-order valence-corrected chi connectivity index (χ2v) is 15.6. The van der Waals surface area contributed by atoms with E-state index in [2.05, 4.69) is 35.3 Å². The minimum absolute atomic E-state index is 0.0880. The van der Waals surface area contributed by atoms with E-state index < -0.39 is 29.7 Å². The van der Waals surface area contributed by atoms with Gasteiger partial charge in [-0.1, -0.05) is 11.6 Å². The van der Waals surface area contributed by atoms with E-state index in [9.17, 15) is 24.0 Å². The van der Waals surface area contributed by atoms with Crippen molar-refractivity contribution in [2.75, 3.05) is 60.9 Å². The van der Waals surface area contributed by atoms with E-state index in [1.807, 2.05) is 12.1 Å². The molecule has 56 heavy (non-hydrogen) atoms. The van der Waals surface area contributed by atoms with Crippen molar-refractivity contribution >= 4 is 58.5 Å². The molecule has 1 unspecified atom stereocenters. The molecule has 1 saturated carbocycles. The number of piperidine rings is 2. The van der Waals surface area contributed by atoms with Crippen molar-refractivity contribution < 1.29 is 28.7 Å². The Bertz CT molecular complexity index is 2090. The summed E-state index contributed by atoms with van der Waals surface area (Å²) in [6.07, 6.45) is 7.73. The Morgan fingerprint density at radius 1 is 0.875 bits per heavy atom. The van der Waals surface area contributed by atoms with Gasteiger partial charge in [-0.3, -0.25) is 44.4 Å². The number of carbonyl (C=O) groups excluding carboxylic acids is 5. The molecule has 4 aliphatic heterocycles. The molecule has 15 nitrogen and oxygen atoms in total. The van der Waals surface area contributed by atoms with Gasteiger partial charge >= 0.3 is 0 Å². The Kier molecular flexibility index (Phi) is 10.6. The van der Waals surface area contributed by atoms with Crippen LogP contribution in [0.3, 0.4) is 0 Å². The van der Waals surface area contributed by atoms with Crippen LogP contribution in [0, 0.1) is 23.2 Å². The number of hydrogen-bond donors (Lipinski definition) is 2. The molecule has 0 radical (unpaired) electrons. The number of nitriles is 1. The minimum atomic E-state index is -0.977. The van der Waals surface area contributed by atoms with Crippen LogP contribution in [-0.2, 0) is 14.4 Å². The number of piperazine rings is 1. The minimum Gasteiger partial charge on any atom is -0.490 e. The van der Waals surface area contributed by atoms with Crippen LogP contribution in [0.1, 0.15) is 71.2 Å². The third kappa shape index (κ3) is 7.76. The SMILES string of the molecule is N#Cc1ccc(O[C@@H]2CC[C@@H](C(=O)Nc3ncc(N4CCC(CN5CCN(c6ccc7c(c6)C(=O)N(C6CCC(=O)NC6=O)C7=O)CC5)CC4)cn3)C2)cc1Cl. The van der Waals surface area contributed by atoms with Crippen molar-refractivity contribution in [3.63, 3.8) is 0 Å². The maximum atomic E-state index is 13.3. The molecule has 3 saturated heterocycles. The van der Waals surface area contributed by atoms with Crippen LogP contribution in [0.5, 0.6) is 5.75 Å². The molecule has 2 N–H and O–H groups in total. The van der Waals surface area contributed by atoms with E-state index in [1.165, 1.54) is 0 Å². The molecule has 16 heteroatoms. The predicted octanol–water partition coefficient (Wildman–Crippen LogP) is 3.63. The summed E-state index contributed by atoms with van der Waals surface area (Å²) >= 11 is 6.13. The number of hydrogen-bond acceptors (Lipinski definition) is 12. The number of carbonyl (C=O) groups is 5. The van der Waals surface area contributed by atoms with Gasteiger partial charge in [-0.2, -0.15) is 5.26 Å². The Labute approximate surface area is 328 Å². The smallest absolute Gasteiger partial charge is 0.262 e. The number of aromatic nitrogens is 2. The van der Waals surface area contributed by atoms with Gasteiger partial charge in [0, 0.05) is 69.9 Å². The van der Waals surface area contributed by atoms with Crippen LogP contribution in [0.4, 0.5) is 17.3 Å². The fourth-order valence-corrected chi connectivity index (χ4v) is 8.69. The number of amides is 5. The molecule has 5 heterocycles. The van der Waals surface area contributed by atoms with Crippen molar-refractivity contribution in [1.82, 2.24) is 25.1 Å². The number of anilines is 3. The number of imide groups is 2. The van der Waals surface area contributed by atoms with E-state index in [0.29, 0.717) is 40.7 Å². The van der Waals surface area contributed by atoms with Crippen LogP contribution >= 0.6 is 11.6 Å². The van der Waals surface area contributed by atoms with Crippen molar-refractivity contribution in [3.05, 3.63) is 70.5 Å². The van der Waals surface area contributed by atoms with E-state index in [0.717, 1.165) is 81.4 Å². The summed E-state index contributed by atoms with van der Waals surface area (Å²) in [6.45, 7) is 6.15. The zero-order chi connectivity index (χ0) is 38.9. The summed E-state index contributed by atoms with van der Waals surface area (Å²) in [4.78, 5) is 80.3. The van der Waals surface area contributed by atoms with E-state index in [1.54, 1.807) is 42.7 Å². The highest BCUT2D eigenvalue weighted by atomic mass is 35.5. The van der Waals surface area contributed by atoms with Gasteiger partial charge in [0.1, 0.15) is 17.9 Å². The van der Waals surface area contributed by atoms with Gasteiger partial charge in [0.15, 0.2) is 0 Å². The Hall–Kier alpha value is -5.59. The van der Waals surface area contributed by atoms with Gasteiger partial charge in [0.2, 0.25) is 23.7 Å². The molecular formula is C40H42ClN9O6. The van der Waals surface area contributed by atoms with Crippen LogP contribution in [-0.4, -0.2) is 107 Å². The molecule has 5 aliphatic rings. The van der Waals surface area contributed by atoms with E-state index in [4.69, 9.17) is 21.6 Å². The standard InChI is InChI=1S/C40H42ClN9O6/c41-33-19-30(5-2-26(33)20-42)56-29-4-1-25(17-29)36(52)46-40-43-21-28(22-44-40)48-11-9-24(10-12-48)23-47-13-15-49(16-14-47)27-3-6-31-32(18-27)39(55)50(38(31)54)34-7-8-35(51)45-37(34)53/h2-3,5-6,18-19,21-22,24-25,29,34H,1,4,7-17,23H2,(H,45,51,53)(H,43,44,46,52)/t25-,29-,34?/m1/s1. The third-order valence-electron chi connectivity index (χ3n) is 11.6. The van der Waals surface area contributed by atoms with Crippen molar-refractivity contribution in [1.29, 1.82) is 5.26 Å². The first-order valence-electron chi connectivity index (χ1n) is 19.2. The maximum Gasteiger partial charge on any atom is 0.262 e. The van der Waals surface area contributed by atoms with Gasteiger partial charge in [0.05, 0.1) is 45.9 Å². The highest BCUT2D eigenvalue weighted by Crippen LogP contribution is 2.33. The normalized spacial score (nSPS) is 23.2. The first-order valence-corrected chi connectivity index (χ1v) is 19.6. The molecule has 3 aromatic rings. The van der Waals surface area contributed by atoms with Crippen molar-refractivity contribution in [3.8, 4) is 11.8 Å². The van der Waals surface area contributed by atoms with Crippen LogP contribution < -0.4 is 25.2 Å². The molecule has 3 atom stereocenters. The molecule has 4 fully saturated rings. The summed E-state index contributed by atoms with van der Waals surface area (Å²) in [5.74, 6) is -0.904. The van der Waals surface area contributed by atoms with Crippen LogP contribution in [0.15, 0.2) is 48.8 Å². The summed E-state index contributed by atoms with van der Waals surface area (Å²) in [7, 11) is 0. The quantitative estimate of drug-likeness (QED) is 0.302. The molecule has 5 amide bonds. The second kappa shape index (κ2) is 15.9. The van der Waals surface area contributed by atoms with Crippen LogP contribution in [0.25, 0.3) is 0 Å². The van der Waals surface area contributed by atoms with Gasteiger partial charge in [-0.05, 0) is 74.8 Å². The average Bonchev–Trinajstić information content (AvgIpc) is 3.77. The first-order chi connectivity index (χ1) is 27.1. The Morgan fingerprint density at radius 3 is 2.32 bits per heavy atom. The Morgan fingerprint density at radius 2 is 1.61 bits per heavy atom. The first kappa shape index (κ1) is 37.3. The van der Waals surface area contributed by atoms with Crippen LogP contribution in [0.2, 0.25) is 5.02 Å². The number of nitrogens with one attached hydrogen (secondary N) is 2. The molecule has 0 spiro atoms. The van der Waals surface area contributed by atoms with Gasteiger partial charge < -0.3 is 14.5 Å². The summed E-state index contributed by atoms with van der Waals surface area (Å²) in [5.41, 5.74) is 2.78. The second-order valence-electron chi connectivity index (χ2n) is 15.2. The molecule has 2 aromatic carbocycles. The summed E-state index contributed by atoms with van der Waals surface area (Å²) in [5, 5.41) is 14.5. The fraction of sp³-hybridized carbons (Fsp3) is 0.450. The Balaban J connectivity index is 0.762. The van der Waals surface area contributed by atoms with Crippen molar-refractivity contribution in [2.24, 2.45) is 11.8 Å². The number of benzene rings is 2. The fourth-order valence-electron chi connectivity index (χ4n) is 8.48. The molecule has 1 aliphatic carbocycles. The molecule has 0 bridgehead atoms. The summed E-state index contributed by atoms with van der Waals surface area (Å²) < 4.78 is 6.03. The molecular weight excluding hydrogens is 738 g/mol. The lowest BCUT2D eigenvalue weighted by Gasteiger charge is -2.40. The number of rotatable bonds is 9. The van der Waals surface area contributed by atoms with E-state index in [-0.39, 0.29) is 42.3 Å². The molecule has 8 rings (SSSR count). The zero-order valence-corrected chi connectivity index (χ0v) is 31.5. The third-order valence-corrected chi connectivity index (χ3v) is 12.0. The van der Waals surface area contributed by atoms with Crippen molar-refractivity contribution in [2.45, 2.75) is 57.1 Å². The number of fused-ring (bicyclic) bond motifs is 1. The zero-order valence-electron chi connectivity index (χ0n) is 30.8. The van der Waals surface area contributed by atoms with Gasteiger partial charge in [-0.25, -0.2) is 9.97 Å². The predicted molar refractivity (Wildman–Crippen MR) is 205 cm³/mol. The highest BCUT2D eigenvalue weighted by molar-refractivity contribution is 6.31. The molecule has 290 valence electrons. The largest absolute Gasteiger partial charge is 0.490 e. The summed E-state index contributed by atoms with van der Waals surface area (Å²) in [6, 6.07) is 11.3. The number of nitrogens with zero attached hydrogens (tertiary/aromatic N) is 7.